The first-order chi connectivity index (χ1) is 11.6. The maximum absolute atomic E-state index is 12.6. The molecule has 0 radical (unpaired) electrons. The predicted molar refractivity (Wildman–Crippen MR) is 86.8 cm³/mol. The molecule has 1 N–H and O–H groups in total. The molecular formula is C15H24N6O3. The fraction of sp³-hybridized carbons (Fsp3) is 0.733. The van der Waals surface area contributed by atoms with E-state index in [1.165, 1.54) is 0 Å². The van der Waals surface area contributed by atoms with Crippen LogP contribution in [0, 0.1) is 0 Å². The summed E-state index contributed by atoms with van der Waals surface area (Å²) < 4.78 is 6.77. The molecule has 9 heteroatoms. The molecule has 132 valence electrons. The van der Waals surface area contributed by atoms with Crippen LogP contribution in [-0.4, -0.2) is 75.9 Å². The molecule has 1 aromatic rings. The van der Waals surface area contributed by atoms with Crippen molar-refractivity contribution in [2.75, 3.05) is 38.6 Å². The summed E-state index contributed by atoms with van der Waals surface area (Å²) in [5, 5.41) is 7.45. The zero-order valence-corrected chi connectivity index (χ0v) is 14.2. The van der Waals surface area contributed by atoms with Crippen LogP contribution in [0.15, 0.2) is 0 Å². The van der Waals surface area contributed by atoms with Gasteiger partial charge in [0.15, 0.2) is 0 Å². The smallest absolute Gasteiger partial charge is 0.409 e. The number of rotatable bonds is 3. The first-order valence-electron chi connectivity index (χ1n) is 8.47. The third-order valence-electron chi connectivity index (χ3n) is 4.55. The number of likely N-dealkylation sites (tertiary alicyclic amines) is 1. The number of nitrogens with one attached hydrogen (secondary N) is 1. The molecule has 0 unspecified atom stereocenters. The van der Waals surface area contributed by atoms with E-state index in [2.05, 4.69) is 15.4 Å². The Balaban J connectivity index is 1.57. The molecule has 0 saturated carbocycles. The summed E-state index contributed by atoms with van der Waals surface area (Å²) in [6.07, 6.45) is 2.13. The maximum Gasteiger partial charge on any atom is 0.409 e. The number of aromatic nitrogens is 3. The number of aryl methyl sites for hydroxylation is 1. The Hall–Kier alpha value is -2.32. The van der Waals surface area contributed by atoms with Gasteiger partial charge in [-0.15, -0.1) is 5.10 Å². The molecule has 3 heterocycles. The Morgan fingerprint density at radius 2 is 2.08 bits per heavy atom. The van der Waals surface area contributed by atoms with Crippen LogP contribution >= 0.6 is 0 Å². The van der Waals surface area contributed by atoms with Crippen LogP contribution in [-0.2, 0) is 11.3 Å². The number of anilines is 1. The summed E-state index contributed by atoms with van der Waals surface area (Å²) in [6.45, 7) is 4.98. The third-order valence-corrected chi connectivity index (χ3v) is 4.55. The summed E-state index contributed by atoms with van der Waals surface area (Å²) in [5.74, 6) is 0.772. The SMILES string of the molecule is CCOC(=O)N(C)C1CCN(C(=O)c2nc3n(n2)CCCN3)CC1. The first-order valence-corrected chi connectivity index (χ1v) is 8.47. The Kier molecular flexibility index (Phi) is 4.86. The zero-order chi connectivity index (χ0) is 17.1. The lowest BCUT2D eigenvalue weighted by atomic mass is 10.0. The van der Waals surface area contributed by atoms with Crippen molar-refractivity contribution in [2.45, 2.75) is 38.8 Å². The topological polar surface area (TPSA) is 92.6 Å². The quantitative estimate of drug-likeness (QED) is 0.877. The number of carbonyl (C=O) groups excluding carboxylic acids is 2. The standard InChI is InChI=1S/C15H24N6O3/c1-3-24-15(23)19(2)11-5-9-20(10-6-11)13(22)12-17-14-16-7-4-8-21(14)18-12/h11H,3-10H2,1-2H3,(H,16,17,18). The Bertz CT molecular complexity index is 585. The minimum Gasteiger partial charge on any atom is -0.450 e. The second-order valence-corrected chi connectivity index (χ2v) is 6.10. The molecule has 2 amide bonds. The van der Waals surface area contributed by atoms with Crippen LogP contribution in [0.2, 0.25) is 0 Å². The molecule has 1 saturated heterocycles. The van der Waals surface area contributed by atoms with Crippen molar-refractivity contribution in [3.8, 4) is 0 Å². The normalized spacial score (nSPS) is 17.8. The average molecular weight is 336 g/mol. The minimum absolute atomic E-state index is 0.0953. The monoisotopic (exact) mass is 336 g/mol. The van der Waals surface area contributed by atoms with Gasteiger partial charge >= 0.3 is 6.09 Å². The van der Waals surface area contributed by atoms with E-state index in [1.807, 2.05) is 0 Å². The fourth-order valence-electron chi connectivity index (χ4n) is 3.12. The van der Waals surface area contributed by atoms with Gasteiger partial charge in [0.25, 0.3) is 5.91 Å². The van der Waals surface area contributed by atoms with Gasteiger partial charge in [-0.2, -0.15) is 4.98 Å². The molecule has 2 aliphatic heterocycles. The van der Waals surface area contributed by atoms with Crippen molar-refractivity contribution >= 4 is 17.9 Å². The Morgan fingerprint density at radius 1 is 1.33 bits per heavy atom. The van der Waals surface area contributed by atoms with Crippen molar-refractivity contribution in [3.05, 3.63) is 5.82 Å². The van der Waals surface area contributed by atoms with Gasteiger partial charge < -0.3 is 19.9 Å². The minimum atomic E-state index is -0.309. The van der Waals surface area contributed by atoms with Gasteiger partial charge in [-0.05, 0) is 26.2 Å². The van der Waals surface area contributed by atoms with E-state index in [0.29, 0.717) is 25.6 Å². The van der Waals surface area contributed by atoms with Gasteiger partial charge in [-0.25, -0.2) is 9.48 Å². The third kappa shape index (κ3) is 3.29. The van der Waals surface area contributed by atoms with E-state index < -0.39 is 0 Å². The molecule has 0 bridgehead atoms. The second-order valence-electron chi connectivity index (χ2n) is 6.10. The number of hydrogen-bond donors (Lipinski definition) is 1. The molecule has 9 nitrogen and oxygen atoms in total. The highest BCUT2D eigenvalue weighted by Crippen LogP contribution is 2.19. The van der Waals surface area contributed by atoms with Crippen molar-refractivity contribution in [3.63, 3.8) is 0 Å². The van der Waals surface area contributed by atoms with Crippen LogP contribution in [0.5, 0.6) is 0 Å². The van der Waals surface area contributed by atoms with Crippen LogP contribution in [0.25, 0.3) is 0 Å². The van der Waals surface area contributed by atoms with Crippen molar-refractivity contribution < 1.29 is 14.3 Å². The number of carbonyl (C=O) groups is 2. The van der Waals surface area contributed by atoms with Crippen molar-refractivity contribution in [2.24, 2.45) is 0 Å². The van der Waals surface area contributed by atoms with E-state index in [0.717, 1.165) is 32.4 Å². The molecule has 0 atom stereocenters. The highest BCUT2D eigenvalue weighted by Gasteiger charge is 2.30. The van der Waals surface area contributed by atoms with Crippen molar-refractivity contribution in [1.29, 1.82) is 0 Å². The molecule has 0 aromatic carbocycles. The van der Waals surface area contributed by atoms with Gasteiger partial charge in [0.05, 0.1) is 6.61 Å². The summed E-state index contributed by atoms with van der Waals surface area (Å²) in [4.78, 5) is 32.1. The molecule has 1 fully saturated rings. The number of fused-ring (bicyclic) bond motifs is 1. The zero-order valence-electron chi connectivity index (χ0n) is 14.2. The number of amides is 2. The van der Waals surface area contributed by atoms with E-state index in [4.69, 9.17) is 4.74 Å². The highest BCUT2D eigenvalue weighted by atomic mass is 16.6. The number of nitrogens with zero attached hydrogens (tertiary/aromatic N) is 5. The number of hydrogen-bond acceptors (Lipinski definition) is 6. The molecular weight excluding hydrogens is 312 g/mol. The van der Waals surface area contributed by atoms with Crippen LogP contribution < -0.4 is 5.32 Å². The van der Waals surface area contributed by atoms with Crippen LogP contribution in [0.4, 0.5) is 10.7 Å². The number of piperidine rings is 1. The van der Waals surface area contributed by atoms with E-state index >= 15 is 0 Å². The van der Waals surface area contributed by atoms with E-state index in [1.54, 1.807) is 28.5 Å². The average Bonchev–Trinajstić information content (AvgIpc) is 3.05. The van der Waals surface area contributed by atoms with E-state index in [9.17, 15) is 9.59 Å². The fourth-order valence-corrected chi connectivity index (χ4v) is 3.12. The van der Waals surface area contributed by atoms with Gasteiger partial charge in [-0.3, -0.25) is 4.79 Å². The van der Waals surface area contributed by atoms with Crippen LogP contribution in [0.1, 0.15) is 36.8 Å². The lowest BCUT2D eigenvalue weighted by Gasteiger charge is -2.35. The van der Waals surface area contributed by atoms with Gasteiger partial charge in [-0.1, -0.05) is 0 Å². The van der Waals surface area contributed by atoms with Crippen LogP contribution in [0.3, 0.4) is 0 Å². The summed E-state index contributed by atoms with van der Waals surface area (Å²) in [7, 11) is 1.75. The first kappa shape index (κ1) is 16.5. The molecule has 0 aliphatic carbocycles. The van der Waals surface area contributed by atoms with E-state index in [-0.39, 0.29) is 23.9 Å². The lowest BCUT2D eigenvalue weighted by molar-refractivity contribution is 0.0594. The van der Waals surface area contributed by atoms with Gasteiger partial charge in [0.1, 0.15) is 0 Å². The van der Waals surface area contributed by atoms with Gasteiger partial charge in [0, 0.05) is 39.3 Å². The summed E-state index contributed by atoms with van der Waals surface area (Å²) >= 11 is 0. The number of ether oxygens (including phenoxy) is 1. The maximum atomic E-state index is 12.6. The predicted octanol–water partition coefficient (Wildman–Crippen LogP) is 0.787. The largest absolute Gasteiger partial charge is 0.450 e. The highest BCUT2D eigenvalue weighted by molar-refractivity contribution is 5.90. The summed E-state index contributed by atoms with van der Waals surface area (Å²) in [5.41, 5.74) is 0. The molecule has 24 heavy (non-hydrogen) atoms. The second kappa shape index (κ2) is 7.06. The Morgan fingerprint density at radius 3 is 2.75 bits per heavy atom. The lowest BCUT2D eigenvalue weighted by Crippen LogP contribution is -2.47. The Labute approximate surface area is 140 Å². The molecule has 3 rings (SSSR count). The summed E-state index contributed by atoms with van der Waals surface area (Å²) in [6, 6.07) is 0.0953. The molecule has 1 aromatic heterocycles. The van der Waals surface area contributed by atoms with Gasteiger partial charge in [0.2, 0.25) is 11.8 Å². The molecule has 2 aliphatic rings. The van der Waals surface area contributed by atoms with Crippen molar-refractivity contribution in [1.82, 2.24) is 24.6 Å². The molecule has 0 spiro atoms.